The quantitative estimate of drug-likeness (QED) is 0.318. The lowest BCUT2D eigenvalue weighted by molar-refractivity contribution is -0.191. The zero-order chi connectivity index (χ0) is 12.4. The van der Waals surface area contributed by atoms with E-state index in [1.807, 2.05) is 5.32 Å². The van der Waals surface area contributed by atoms with Gasteiger partial charge in [-0.1, -0.05) is 0 Å². The molecule has 9 nitrogen and oxygen atoms in total. The van der Waals surface area contributed by atoms with Gasteiger partial charge in [0.1, 0.15) is 0 Å². The van der Waals surface area contributed by atoms with Crippen molar-refractivity contribution in [2.24, 2.45) is 10.7 Å². The predicted octanol–water partition coefficient (Wildman–Crippen LogP) is -2.00. The van der Waals surface area contributed by atoms with Gasteiger partial charge in [-0.2, -0.15) is 9.59 Å². The highest BCUT2D eigenvalue weighted by Gasteiger charge is 1.76. The average molecular weight is 225 g/mol. The summed E-state index contributed by atoms with van der Waals surface area (Å²) in [7, 11) is 4.23. The van der Waals surface area contributed by atoms with Crippen molar-refractivity contribution < 1.29 is 29.8 Å². The topological polar surface area (TPSA) is 170 Å². The molecule has 6 N–H and O–H groups in total. The third kappa shape index (κ3) is 1310. The van der Waals surface area contributed by atoms with Gasteiger partial charge in [-0.3, -0.25) is 0 Å². The van der Waals surface area contributed by atoms with Crippen LogP contribution in [0.2, 0.25) is 0 Å². The maximum absolute atomic E-state index is 9.26. The molecule has 0 aromatic rings. The summed E-state index contributed by atoms with van der Waals surface area (Å²) in [6, 6.07) is 0. The molecule has 15 heavy (non-hydrogen) atoms. The van der Waals surface area contributed by atoms with E-state index in [1.165, 1.54) is 27.2 Å². The second-order valence-corrected chi connectivity index (χ2v) is 0.953. The third-order valence-electron chi connectivity index (χ3n) is 0.305. The number of carboxylic acid groups (broad SMARTS) is 1. The molecule has 90 valence electrons. The van der Waals surface area contributed by atoms with Gasteiger partial charge >= 0.3 is 12.2 Å². The standard InChI is InChI=1S/C2H5NO2.C2H3NO.CH5N.CO2.H2O/c1-3-2(4)5;1-3-2-4;1-2;2-1-3;/h3H,1H3,(H,4,5);1H3;2H2,1H3;;1H2. The molecular weight excluding hydrogens is 210 g/mol. The summed E-state index contributed by atoms with van der Waals surface area (Å²) < 4.78 is 0. The lowest BCUT2D eigenvalue weighted by Gasteiger charge is -1.78. The van der Waals surface area contributed by atoms with E-state index < -0.39 is 6.09 Å². The smallest absolute Gasteiger partial charge is 0.404 e. The first-order valence-corrected chi connectivity index (χ1v) is 3.04. The van der Waals surface area contributed by atoms with E-state index in [-0.39, 0.29) is 11.6 Å². The normalized spacial score (nSPS) is 4.27. The molecule has 0 atom stereocenters. The first-order chi connectivity index (χ1) is 6.60. The molecule has 0 rings (SSSR count). The maximum Gasteiger partial charge on any atom is 0.404 e. The van der Waals surface area contributed by atoms with E-state index in [1.54, 1.807) is 0 Å². The van der Waals surface area contributed by atoms with Crippen LogP contribution in [0.4, 0.5) is 4.79 Å². The minimum atomic E-state index is -0.995. The van der Waals surface area contributed by atoms with E-state index in [0.717, 1.165) is 0 Å². The van der Waals surface area contributed by atoms with Crippen molar-refractivity contribution in [1.82, 2.24) is 5.32 Å². The van der Waals surface area contributed by atoms with Crippen LogP contribution in [0.15, 0.2) is 4.99 Å². The van der Waals surface area contributed by atoms with E-state index >= 15 is 0 Å². The number of hydrogen-bond donors (Lipinski definition) is 3. The number of aliphatic imine (C=N–C) groups is 1. The van der Waals surface area contributed by atoms with Crippen LogP contribution >= 0.6 is 0 Å². The summed E-state index contributed by atoms with van der Waals surface area (Å²) >= 11 is 0. The molecule has 0 heterocycles. The number of rotatable bonds is 0. The molecule has 0 aromatic carbocycles. The molecule has 0 aliphatic heterocycles. The fraction of sp³-hybridized carbons (Fsp3) is 0.500. The fourth-order valence-electron chi connectivity index (χ4n) is 0. The summed E-state index contributed by atoms with van der Waals surface area (Å²) in [4.78, 5) is 37.3. The van der Waals surface area contributed by atoms with Crippen LogP contribution in [0.25, 0.3) is 0 Å². The SMILES string of the molecule is CN.CN=C=O.CNC(=O)O.O.O=C=O. The van der Waals surface area contributed by atoms with E-state index in [2.05, 4.69) is 10.7 Å². The molecule has 0 saturated carbocycles. The van der Waals surface area contributed by atoms with Crippen LogP contribution in [0.5, 0.6) is 0 Å². The minimum absolute atomic E-state index is 0. The number of nitrogens with one attached hydrogen (secondary N) is 1. The van der Waals surface area contributed by atoms with Crippen LogP contribution in [0.3, 0.4) is 0 Å². The van der Waals surface area contributed by atoms with Gasteiger partial charge in [0.15, 0.2) is 0 Å². The molecule has 9 heteroatoms. The number of nitrogens with zero attached hydrogens (tertiary/aromatic N) is 1. The van der Waals surface area contributed by atoms with E-state index in [9.17, 15) is 4.79 Å². The van der Waals surface area contributed by atoms with Crippen LogP contribution < -0.4 is 11.1 Å². The van der Waals surface area contributed by atoms with Gasteiger partial charge < -0.3 is 21.6 Å². The van der Waals surface area contributed by atoms with Gasteiger partial charge in [0, 0.05) is 14.1 Å². The van der Waals surface area contributed by atoms with Crippen LogP contribution in [0, 0.1) is 0 Å². The molecule has 0 aliphatic rings. The summed E-state index contributed by atoms with van der Waals surface area (Å²) in [5.41, 5.74) is 4.50. The number of amides is 1. The molecule has 0 spiro atoms. The highest BCUT2D eigenvalue weighted by Crippen LogP contribution is 1.45. The highest BCUT2D eigenvalue weighted by molar-refractivity contribution is 5.63. The van der Waals surface area contributed by atoms with Gasteiger partial charge in [0.05, 0.1) is 0 Å². The molecule has 0 fully saturated rings. The van der Waals surface area contributed by atoms with Crippen LogP contribution in [-0.4, -0.2) is 50.1 Å². The van der Waals surface area contributed by atoms with Gasteiger partial charge in [0.25, 0.3) is 0 Å². The third-order valence-corrected chi connectivity index (χ3v) is 0.305. The monoisotopic (exact) mass is 225 g/mol. The fourth-order valence-corrected chi connectivity index (χ4v) is 0. The predicted molar refractivity (Wildman–Crippen MR) is 49.9 cm³/mol. The summed E-state index contributed by atoms with van der Waals surface area (Å²) in [6.07, 6.45) is 0.560. The molecular formula is C6H15N3O6. The lowest BCUT2D eigenvalue weighted by Crippen LogP contribution is -2.13. The molecule has 0 aliphatic carbocycles. The van der Waals surface area contributed by atoms with Crippen molar-refractivity contribution in [1.29, 1.82) is 0 Å². The Kier molecular flexibility index (Phi) is 114. The van der Waals surface area contributed by atoms with Gasteiger partial charge in [-0.15, -0.1) is 0 Å². The van der Waals surface area contributed by atoms with Crippen molar-refractivity contribution in [2.75, 3.05) is 21.1 Å². The molecule has 1 amide bonds. The summed E-state index contributed by atoms with van der Waals surface area (Å²) in [6.45, 7) is 0. The highest BCUT2D eigenvalue weighted by atomic mass is 16.4. The molecule has 0 radical (unpaired) electrons. The van der Waals surface area contributed by atoms with Crippen molar-refractivity contribution in [3.05, 3.63) is 0 Å². The van der Waals surface area contributed by atoms with Crippen LogP contribution in [0.1, 0.15) is 0 Å². The molecule has 0 saturated heterocycles. The Labute approximate surface area is 86.3 Å². The second kappa shape index (κ2) is 58.5. The van der Waals surface area contributed by atoms with Crippen molar-refractivity contribution in [2.45, 2.75) is 0 Å². The Morgan fingerprint density at radius 3 is 1.47 bits per heavy atom. The maximum atomic E-state index is 9.26. The molecule has 0 bridgehead atoms. The number of carbonyl (C=O) groups is 1. The van der Waals surface area contributed by atoms with E-state index in [4.69, 9.17) is 19.5 Å². The summed E-state index contributed by atoms with van der Waals surface area (Å²) in [5, 5.41) is 9.56. The van der Waals surface area contributed by atoms with Crippen molar-refractivity contribution in [3.8, 4) is 0 Å². The number of nitrogens with two attached hydrogens (primary N) is 1. The van der Waals surface area contributed by atoms with Crippen LogP contribution in [-0.2, 0) is 14.4 Å². The average Bonchev–Trinajstić information content (AvgIpc) is 2.22. The van der Waals surface area contributed by atoms with Gasteiger partial charge in [0.2, 0.25) is 6.08 Å². The Balaban J connectivity index is -0.0000000305. The second-order valence-electron chi connectivity index (χ2n) is 0.953. The molecule has 0 aromatic heterocycles. The Morgan fingerprint density at radius 2 is 1.47 bits per heavy atom. The number of carbonyl (C=O) groups excluding carboxylic acids is 3. The van der Waals surface area contributed by atoms with Gasteiger partial charge in [-0.25, -0.2) is 14.6 Å². The minimum Gasteiger partial charge on any atom is -0.465 e. The van der Waals surface area contributed by atoms with E-state index in [0.29, 0.717) is 0 Å². The van der Waals surface area contributed by atoms with Gasteiger partial charge in [-0.05, 0) is 7.05 Å². The Hall–Kier alpha value is -2.05. The first-order valence-electron chi connectivity index (χ1n) is 3.04. The first kappa shape index (κ1) is 29.3. The Morgan fingerprint density at radius 1 is 1.33 bits per heavy atom. The zero-order valence-corrected chi connectivity index (χ0v) is 8.60. The zero-order valence-electron chi connectivity index (χ0n) is 8.60. The Bertz CT molecular complexity index is 183. The summed E-state index contributed by atoms with van der Waals surface area (Å²) in [5.74, 6) is 0. The van der Waals surface area contributed by atoms with Crippen molar-refractivity contribution in [3.63, 3.8) is 0 Å². The van der Waals surface area contributed by atoms with Crippen molar-refractivity contribution >= 4 is 18.3 Å². The largest absolute Gasteiger partial charge is 0.465 e. The number of hydrogen-bond acceptors (Lipinski definition) is 6. The molecule has 0 unspecified atom stereocenters. The number of isocyanates is 1. The lowest BCUT2D eigenvalue weighted by atomic mass is 11.1.